The average molecular weight is 451 g/mol. The fourth-order valence-electron chi connectivity index (χ4n) is 3.47. The molecule has 0 bridgehead atoms. The van der Waals surface area contributed by atoms with Gasteiger partial charge in [0.1, 0.15) is 17.9 Å². The van der Waals surface area contributed by atoms with Crippen molar-refractivity contribution in [3.63, 3.8) is 0 Å². The molecule has 33 heavy (non-hydrogen) atoms. The summed E-state index contributed by atoms with van der Waals surface area (Å²) in [4.78, 5) is 29.1. The molecule has 0 aliphatic carbocycles. The lowest BCUT2D eigenvalue weighted by molar-refractivity contribution is -0.697. The quantitative estimate of drug-likeness (QED) is 0.214. The van der Waals surface area contributed by atoms with Crippen molar-refractivity contribution in [1.82, 2.24) is 4.73 Å². The van der Waals surface area contributed by atoms with E-state index < -0.39 is 11.6 Å². The molecule has 0 atom stereocenters. The molecule has 3 aromatic heterocycles. The normalized spacial score (nSPS) is 11.0. The summed E-state index contributed by atoms with van der Waals surface area (Å²) in [6, 6.07) is 12.5. The second kappa shape index (κ2) is 9.47. The lowest BCUT2D eigenvalue weighted by Crippen LogP contribution is -2.32. The summed E-state index contributed by atoms with van der Waals surface area (Å²) in [7, 11) is 0. The number of unbranched alkanes of at least 4 members (excludes halogenated alkanes) is 2. The Morgan fingerprint density at radius 1 is 0.939 bits per heavy atom. The standard InChI is InChI=1S/C24H22N2O7/c27-18-6-5-17-14-19(24(31)32-20(17)15-18)16-9-12-25(13-10-16)11-3-1-2-4-23(30)33-26-21(28)7-8-22(26)29/h5-10,12-15,28-29H,1-4,11H2/p+1. The maximum absolute atomic E-state index is 12.3. The van der Waals surface area contributed by atoms with Crippen LogP contribution in [0.2, 0.25) is 0 Å². The van der Waals surface area contributed by atoms with Crippen LogP contribution < -0.4 is 15.0 Å². The molecule has 0 saturated carbocycles. The van der Waals surface area contributed by atoms with E-state index in [1.807, 2.05) is 29.1 Å². The lowest BCUT2D eigenvalue weighted by Gasteiger charge is -2.06. The van der Waals surface area contributed by atoms with Gasteiger partial charge < -0.3 is 24.6 Å². The first-order chi connectivity index (χ1) is 15.9. The monoisotopic (exact) mass is 451 g/mol. The number of aromatic nitrogens is 2. The summed E-state index contributed by atoms with van der Waals surface area (Å²) in [5, 5.41) is 29.2. The van der Waals surface area contributed by atoms with Crippen molar-refractivity contribution in [1.29, 1.82) is 0 Å². The van der Waals surface area contributed by atoms with Gasteiger partial charge in [-0.15, -0.1) is 4.73 Å². The molecule has 4 rings (SSSR count). The Hall–Kier alpha value is -4.27. The highest BCUT2D eigenvalue weighted by Crippen LogP contribution is 2.23. The summed E-state index contributed by atoms with van der Waals surface area (Å²) in [6.07, 6.45) is 6.14. The Bertz CT molecular complexity index is 1320. The number of benzene rings is 1. The van der Waals surface area contributed by atoms with Crippen molar-refractivity contribution in [2.75, 3.05) is 0 Å². The SMILES string of the molecule is O=C(CCCCC[n+]1ccc(-c2cc3ccc(O)cc3oc2=O)cc1)On1c(O)ccc1O. The van der Waals surface area contributed by atoms with Gasteiger partial charge in [0, 0.05) is 54.1 Å². The third-order valence-electron chi connectivity index (χ3n) is 5.21. The number of aryl methyl sites for hydroxylation is 1. The molecule has 0 aliphatic heterocycles. The first-order valence-corrected chi connectivity index (χ1v) is 10.5. The molecule has 0 saturated heterocycles. The number of rotatable bonds is 8. The molecule has 0 unspecified atom stereocenters. The van der Waals surface area contributed by atoms with Crippen LogP contribution in [0.1, 0.15) is 25.7 Å². The van der Waals surface area contributed by atoms with E-state index in [4.69, 9.17) is 9.25 Å². The predicted octanol–water partition coefficient (Wildman–Crippen LogP) is 2.88. The summed E-state index contributed by atoms with van der Waals surface area (Å²) >= 11 is 0. The lowest BCUT2D eigenvalue weighted by atomic mass is 10.1. The maximum Gasteiger partial charge on any atom is 0.344 e. The fraction of sp³-hybridized carbons (Fsp3) is 0.208. The van der Waals surface area contributed by atoms with Crippen LogP contribution >= 0.6 is 0 Å². The zero-order chi connectivity index (χ0) is 23.4. The number of pyridine rings is 1. The third kappa shape index (κ3) is 5.15. The van der Waals surface area contributed by atoms with E-state index in [0.717, 1.165) is 30.3 Å². The van der Waals surface area contributed by atoms with Crippen LogP contribution in [0.5, 0.6) is 17.5 Å². The molecule has 3 N–H and O–H groups in total. The first-order valence-electron chi connectivity index (χ1n) is 10.5. The van der Waals surface area contributed by atoms with Crippen molar-refractivity contribution >= 4 is 16.9 Å². The van der Waals surface area contributed by atoms with Crippen LogP contribution in [0, 0.1) is 0 Å². The largest absolute Gasteiger partial charge is 0.508 e. The molecular formula is C24H23N2O7+. The number of fused-ring (bicyclic) bond motifs is 1. The molecule has 4 aromatic rings. The van der Waals surface area contributed by atoms with Gasteiger partial charge in [0.05, 0.1) is 5.56 Å². The van der Waals surface area contributed by atoms with Crippen molar-refractivity contribution in [3.05, 3.63) is 71.3 Å². The van der Waals surface area contributed by atoms with Gasteiger partial charge in [0.2, 0.25) is 11.8 Å². The van der Waals surface area contributed by atoms with Gasteiger partial charge >= 0.3 is 11.6 Å². The number of phenols is 1. The Kier molecular flexibility index (Phi) is 6.30. The van der Waals surface area contributed by atoms with E-state index >= 15 is 0 Å². The molecule has 9 nitrogen and oxygen atoms in total. The van der Waals surface area contributed by atoms with Crippen LogP contribution in [0.25, 0.3) is 22.1 Å². The molecule has 170 valence electrons. The van der Waals surface area contributed by atoms with Crippen molar-refractivity contribution in [2.45, 2.75) is 32.2 Å². The topological polar surface area (TPSA) is 126 Å². The zero-order valence-electron chi connectivity index (χ0n) is 17.7. The van der Waals surface area contributed by atoms with Crippen molar-refractivity contribution < 1.29 is 33.9 Å². The second-order valence-electron chi connectivity index (χ2n) is 7.61. The molecule has 0 fully saturated rings. The van der Waals surface area contributed by atoms with Gasteiger partial charge in [0.15, 0.2) is 12.4 Å². The number of nitrogens with zero attached hydrogens (tertiary/aromatic N) is 2. The highest BCUT2D eigenvalue weighted by Gasteiger charge is 2.13. The highest BCUT2D eigenvalue weighted by atomic mass is 16.7. The van der Waals surface area contributed by atoms with Gasteiger partial charge in [-0.2, -0.15) is 0 Å². The molecule has 0 aliphatic rings. The molecule has 3 heterocycles. The molecule has 1 aromatic carbocycles. The van der Waals surface area contributed by atoms with E-state index in [0.29, 0.717) is 22.3 Å². The van der Waals surface area contributed by atoms with Gasteiger partial charge in [-0.25, -0.2) is 14.2 Å². The summed E-state index contributed by atoms with van der Waals surface area (Å²) in [6.45, 7) is 0.736. The summed E-state index contributed by atoms with van der Waals surface area (Å²) in [5.41, 5.74) is 1.03. The number of carbonyl (C=O) groups is 1. The van der Waals surface area contributed by atoms with Crippen molar-refractivity contribution in [3.8, 4) is 28.6 Å². The van der Waals surface area contributed by atoms with E-state index in [-0.39, 0.29) is 23.9 Å². The van der Waals surface area contributed by atoms with Crippen LogP contribution in [0.15, 0.2) is 70.1 Å². The number of hydrogen-bond donors (Lipinski definition) is 3. The average Bonchev–Trinajstić information content (AvgIpc) is 3.11. The van der Waals surface area contributed by atoms with E-state index in [9.17, 15) is 24.9 Å². The molecule has 0 radical (unpaired) electrons. The smallest absolute Gasteiger partial charge is 0.344 e. The first kappa shape index (κ1) is 21.9. The Balaban J connectivity index is 1.27. The molecule has 9 heteroatoms. The van der Waals surface area contributed by atoms with Crippen molar-refractivity contribution in [2.24, 2.45) is 0 Å². The predicted molar refractivity (Wildman–Crippen MR) is 118 cm³/mol. The number of hydrogen-bond acceptors (Lipinski definition) is 7. The van der Waals surface area contributed by atoms with Gasteiger partial charge in [-0.1, -0.05) is 0 Å². The maximum atomic E-state index is 12.3. The minimum absolute atomic E-state index is 0.0375. The highest BCUT2D eigenvalue weighted by molar-refractivity contribution is 5.82. The number of phenolic OH excluding ortho intramolecular Hbond substituents is 1. The third-order valence-corrected chi connectivity index (χ3v) is 5.21. The van der Waals surface area contributed by atoms with Gasteiger partial charge in [-0.3, -0.25) is 0 Å². The van der Waals surface area contributed by atoms with Crippen LogP contribution in [0.3, 0.4) is 0 Å². The van der Waals surface area contributed by atoms with Crippen LogP contribution in [-0.2, 0) is 11.3 Å². The summed E-state index contributed by atoms with van der Waals surface area (Å²) < 4.78 is 7.99. The van der Waals surface area contributed by atoms with Gasteiger partial charge in [0.25, 0.3) is 0 Å². The van der Waals surface area contributed by atoms with E-state index in [1.165, 1.54) is 18.2 Å². The fourth-order valence-corrected chi connectivity index (χ4v) is 3.47. The molecular weight excluding hydrogens is 428 g/mol. The Morgan fingerprint density at radius 2 is 1.67 bits per heavy atom. The zero-order valence-corrected chi connectivity index (χ0v) is 17.7. The Labute approximate surface area is 188 Å². The minimum atomic E-state index is -0.543. The Morgan fingerprint density at radius 3 is 2.39 bits per heavy atom. The minimum Gasteiger partial charge on any atom is -0.508 e. The molecule has 0 amide bonds. The molecule has 0 spiro atoms. The van der Waals surface area contributed by atoms with Crippen LogP contribution in [-0.4, -0.2) is 26.0 Å². The second-order valence-corrected chi connectivity index (χ2v) is 7.61. The van der Waals surface area contributed by atoms with Gasteiger partial charge in [-0.05, 0) is 31.0 Å². The summed E-state index contributed by atoms with van der Waals surface area (Å²) in [5.74, 6) is -1.20. The number of carbonyl (C=O) groups excluding carboxylic acids is 1. The van der Waals surface area contributed by atoms with E-state index in [1.54, 1.807) is 18.2 Å². The number of aromatic hydroxyl groups is 3. The van der Waals surface area contributed by atoms with Crippen LogP contribution in [0.4, 0.5) is 0 Å². The van der Waals surface area contributed by atoms with E-state index in [2.05, 4.69) is 0 Å².